The van der Waals surface area contributed by atoms with Gasteiger partial charge in [0.05, 0.1) is 34.9 Å². The Bertz CT molecular complexity index is 1720. The first-order valence-corrected chi connectivity index (χ1v) is 19.9. The second kappa shape index (κ2) is 22.1. The number of likely N-dealkylation sites (tertiary alicyclic amines) is 1. The van der Waals surface area contributed by atoms with E-state index in [2.05, 4.69) is 27.8 Å². The van der Waals surface area contributed by atoms with Gasteiger partial charge in [-0.2, -0.15) is 0 Å². The molecule has 0 bridgehead atoms. The lowest BCUT2D eigenvalue weighted by Crippen LogP contribution is -2.58. The second-order valence-electron chi connectivity index (χ2n) is 15.5. The van der Waals surface area contributed by atoms with E-state index in [1.165, 1.54) is 10.5 Å². The Morgan fingerprint density at radius 2 is 1.70 bits per heavy atom. The maximum Gasteiger partial charge on any atom is 0.246 e. The standard InChI is InChI=1S/C41H58N6O7S.ClH/c1-26-37(55-25-45-26)31-15-13-29(14-16-31)21-44-39(51)34-20-32(48)22-47(34)40(52)38(41(3,4)5)46-36(50)24-53-19-7-6-8-28-9-11-30(12-10-28)23-54-27(2)33(42)17-18-35(43)49;/h9-16,25,27,32-34,38,48H,6-8,17-24,42H2,1-5H3,(H2,43,49)(H,44,51)(H,46,50);1H/t27-,32+,33+,34+,38-;/m1./s1. The van der Waals surface area contributed by atoms with Gasteiger partial charge in [0, 0.05) is 38.6 Å². The van der Waals surface area contributed by atoms with Gasteiger partial charge >= 0.3 is 0 Å². The summed E-state index contributed by atoms with van der Waals surface area (Å²) in [6.07, 6.45) is 2.25. The van der Waals surface area contributed by atoms with Crippen molar-refractivity contribution in [2.24, 2.45) is 16.9 Å². The number of unbranched alkanes of at least 4 members (excludes halogenated alkanes) is 1. The number of nitrogens with zero attached hydrogens (tertiary/aromatic N) is 2. The molecule has 4 rings (SSSR count). The molecule has 7 N–H and O–H groups in total. The molecule has 1 saturated heterocycles. The number of ether oxygens (including phenoxy) is 2. The van der Waals surface area contributed by atoms with Gasteiger partial charge in [-0.05, 0) is 67.2 Å². The normalized spacial score (nSPS) is 17.1. The summed E-state index contributed by atoms with van der Waals surface area (Å²) in [5.74, 6) is -1.57. The zero-order valence-corrected chi connectivity index (χ0v) is 34.8. The molecule has 15 heteroatoms. The van der Waals surface area contributed by atoms with Crippen LogP contribution in [0.1, 0.15) is 82.2 Å². The molecule has 13 nitrogen and oxygen atoms in total. The number of benzene rings is 2. The molecule has 0 unspecified atom stereocenters. The molecule has 1 fully saturated rings. The SMILES string of the molecule is Cc1ncsc1-c1ccc(CNC(=O)[C@@H]2C[C@H](O)CN2C(=O)[C@@H](NC(=O)COCCCCc2ccc(CO[C@H](C)[C@@H](N)CCC(N)=O)cc2)C(C)(C)C)cc1.Cl. The van der Waals surface area contributed by atoms with Crippen molar-refractivity contribution in [3.05, 3.63) is 76.4 Å². The monoisotopic (exact) mass is 814 g/mol. The number of hydrogen-bond acceptors (Lipinski definition) is 10. The molecule has 0 aliphatic carbocycles. The summed E-state index contributed by atoms with van der Waals surface area (Å²) in [4.78, 5) is 58.0. The second-order valence-corrected chi connectivity index (χ2v) is 16.3. The third-order valence-corrected chi connectivity index (χ3v) is 10.8. The van der Waals surface area contributed by atoms with Gasteiger partial charge in [-0.3, -0.25) is 19.2 Å². The highest BCUT2D eigenvalue weighted by Gasteiger charge is 2.44. The van der Waals surface area contributed by atoms with Gasteiger partial charge in [0.25, 0.3) is 0 Å². The number of aryl methyl sites for hydroxylation is 2. The summed E-state index contributed by atoms with van der Waals surface area (Å²) in [6, 6.07) is 14.0. The van der Waals surface area contributed by atoms with Crippen LogP contribution in [0.4, 0.5) is 0 Å². The van der Waals surface area contributed by atoms with Gasteiger partial charge < -0.3 is 41.6 Å². The Hall–Kier alpha value is -3.92. The van der Waals surface area contributed by atoms with Crippen LogP contribution in [0.2, 0.25) is 0 Å². The average molecular weight is 815 g/mol. The third-order valence-electron chi connectivity index (χ3n) is 9.81. The number of nitrogens with two attached hydrogens (primary N) is 2. The fourth-order valence-electron chi connectivity index (χ4n) is 6.38. The number of aliphatic hydroxyl groups excluding tert-OH is 1. The number of carbonyl (C=O) groups is 4. The molecule has 1 aliphatic heterocycles. The first-order chi connectivity index (χ1) is 26.1. The van der Waals surface area contributed by atoms with Crippen LogP contribution in [-0.2, 0) is 48.2 Å². The third kappa shape index (κ3) is 14.2. The lowest BCUT2D eigenvalue weighted by Gasteiger charge is -2.35. The number of halogens is 1. The number of nitrogens with one attached hydrogen (secondary N) is 2. The molecule has 0 saturated carbocycles. The topological polar surface area (TPSA) is 199 Å². The Labute approximate surface area is 340 Å². The van der Waals surface area contributed by atoms with Gasteiger partial charge in [0.15, 0.2) is 0 Å². The van der Waals surface area contributed by atoms with Crippen LogP contribution in [-0.4, -0.2) is 88.7 Å². The van der Waals surface area contributed by atoms with E-state index in [1.807, 2.05) is 76.5 Å². The first kappa shape index (κ1) is 46.5. The van der Waals surface area contributed by atoms with E-state index in [0.29, 0.717) is 19.6 Å². The fourth-order valence-corrected chi connectivity index (χ4v) is 7.19. The summed E-state index contributed by atoms with van der Waals surface area (Å²) in [6.45, 7) is 10.3. The molecule has 4 amide bonds. The lowest BCUT2D eigenvalue weighted by atomic mass is 9.85. The van der Waals surface area contributed by atoms with Crippen LogP contribution in [0.5, 0.6) is 0 Å². The summed E-state index contributed by atoms with van der Waals surface area (Å²) < 4.78 is 11.5. The Morgan fingerprint density at radius 3 is 2.32 bits per heavy atom. The van der Waals surface area contributed by atoms with Crippen molar-refractivity contribution in [3.8, 4) is 10.4 Å². The van der Waals surface area contributed by atoms with Gasteiger partial charge in [-0.1, -0.05) is 69.3 Å². The molecule has 56 heavy (non-hydrogen) atoms. The smallest absolute Gasteiger partial charge is 0.246 e. The van der Waals surface area contributed by atoms with E-state index >= 15 is 0 Å². The van der Waals surface area contributed by atoms with Crippen LogP contribution < -0.4 is 22.1 Å². The van der Waals surface area contributed by atoms with E-state index in [1.54, 1.807) is 11.3 Å². The number of primary amides is 1. The Balaban J connectivity index is 0.00000841. The molecule has 1 aromatic heterocycles. The molecule has 5 atom stereocenters. The minimum atomic E-state index is -0.929. The summed E-state index contributed by atoms with van der Waals surface area (Å²) in [5.41, 5.74) is 17.6. The van der Waals surface area contributed by atoms with Crippen molar-refractivity contribution in [2.75, 3.05) is 19.8 Å². The van der Waals surface area contributed by atoms with Crippen molar-refractivity contribution < 1.29 is 33.8 Å². The van der Waals surface area contributed by atoms with Crippen molar-refractivity contribution in [1.82, 2.24) is 20.5 Å². The van der Waals surface area contributed by atoms with Gasteiger partial charge in [-0.15, -0.1) is 23.7 Å². The zero-order valence-electron chi connectivity index (χ0n) is 33.1. The number of thiazole rings is 1. The molecule has 2 heterocycles. The van der Waals surface area contributed by atoms with Crippen molar-refractivity contribution in [2.45, 2.75) is 117 Å². The summed E-state index contributed by atoms with van der Waals surface area (Å²) >= 11 is 1.58. The van der Waals surface area contributed by atoms with Crippen molar-refractivity contribution in [1.29, 1.82) is 0 Å². The number of hydrogen-bond donors (Lipinski definition) is 5. The molecule has 0 spiro atoms. The summed E-state index contributed by atoms with van der Waals surface area (Å²) in [7, 11) is 0. The number of aliphatic hydroxyl groups is 1. The molecule has 3 aromatic rings. The van der Waals surface area contributed by atoms with E-state index in [0.717, 1.165) is 46.5 Å². The highest BCUT2D eigenvalue weighted by Crippen LogP contribution is 2.28. The zero-order chi connectivity index (χ0) is 40.1. The van der Waals surface area contributed by atoms with E-state index < -0.39 is 35.4 Å². The van der Waals surface area contributed by atoms with E-state index in [4.69, 9.17) is 20.9 Å². The molecule has 0 radical (unpaired) electrons. The Kier molecular flexibility index (Phi) is 18.4. The predicted molar refractivity (Wildman–Crippen MR) is 220 cm³/mol. The highest BCUT2D eigenvalue weighted by molar-refractivity contribution is 7.13. The summed E-state index contributed by atoms with van der Waals surface area (Å²) in [5, 5.41) is 16.3. The number of carbonyl (C=O) groups excluding carboxylic acids is 4. The molecule has 2 aromatic carbocycles. The average Bonchev–Trinajstić information content (AvgIpc) is 3.77. The van der Waals surface area contributed by atoms with Crippen LogP contribution in [0.15, 0.2) is 54.0 Å². The van der Waals surface area contributed by atoms with Gasteiger partial charge in [-0.25, -0.2) is 4.98 Å². The Morgan fingerprint density at radius 1 is 1.04 bits per heavy atom. The minimum absolute atomic E-state index is 0. The van der Waals surface area contributed by atoms with Crippen molar-refractivity contribution >= 4 is 47.4 Å². The van der Waals surface area contributed by atoms with Crippen molar-refractivity contribution in [3.63, 3.8) is 0 Å². The number of amides is 4. The number of aromatic nitrogens is 1. The fraction of sp³-hybridized carbons (Fsp3) is 0.537. The van der Waals surface area contributed by atoms with Crippen LogP contribution in [0.25, 0.3) is 10.4 Å². The van der Waals surface area contributed by atoms with Crippen LogP contribution >= 0.6 is 23.7 Å². The highest BCUT2D eigenvalue weighted by atomic mass is 35.5. The van der Waals surface area contributed by atoms with E-state index in [-0.39, 0.29) is 68.9 Å². The molecule has 1 aliphatic rings. The van der Waals surface area contributed by atoms with Crippen LogP contribution in [0, 0.1) is 12.3 Å². The van der Waals surface area contributed by atoms with Gasteiger partial charge in [0.2, 0.25) is 23.6 Å². The molecular weight excluding hydrogens is 756 g/mol. The minimum Gasteiger partial charge on any atom is -0.391 e. The predicted octanol–water partition coefficient (Wildman–Crippen LogP) is 4.19. The maximum absolute atomic E-state index is 13.9. The molecular formula is C41H59ClN6O7S. The largest absolute Gasteiger partial charge is 0.391 e. The maximum atomic E-state index is 13.9. The number of β-amino-alcohol motifs (C(OH)–C–C–N with tert-alkyl or cyclic N) is 1. The van der Waals surface area contributed by atoms with Crippen LogP contribution in [0.3, 0.4) is 0 Å². The number of rotatable bonds is 20. The van der Waals surface area contributed by atoms with Gasteiger partial charge in [0.1, 0.15) is 18.7 Å². The lowest BCUT2D eigenvalue weighted by molar-refractivity contribution is -0.144. The first-order valence-electron chi connectivity index (χ1n) is 19.0. The molecule has 308 valence electrons. The van der Waals surface area contributed by atoms with E-state index in [9.17, 15) is 24.3 Å². The quantitative estimate of drug-likeness (QED) is 0.104.